The fraction of sp³-hybridized carbons (Fsp3) is 0.444. The fourth-order valence-electron chi connectivity index (χ4n) is 1.27. The van der Waals surface area contributed by atoms with Gasteiger partial charge in [0.15, 0.2) is 11.5 Å². The Morgan fingerprint density at radius 1 is 1.76 bits per heavy atom. The summed E-state index contributed by atoms with van der Waals surface area (Å²) in [5.74, 6) is -0.389. The first kappa shape index (κ1) is 12.8. The van der Waals surface area contributed by atoms with E-state index in [1.54, 1.807) is 14.0 Å². The third-order valence-electron chi connectivity index (χ3n) is 1.91. The Morgan fingerprint density at radius 2 is 2.47 bits per heavy atom. The summed E-state index contributed by atoms with van der Waals surface area (Å²) >= 11 is 0. The largest absolute Gasteiger partial charge is 0.480 e. The highest BCUT2D eigenvalue weighted by Gasteiger charge is 2.15. The average Bonchev–Trinajstić information content (AvgIpc) is 2.67. The SMILES string of the molecule is CCON=C(N)c1ncn(CC(=O)O)c1NC. The van der Waals surface area contributed by atoms with Crippen LogP contribution in [0.25, 0.3) is 0 Å². The van der Waals surface area contributed by atoms with Gasteiger partial charge >= 0.3 is 5.97 Å². The third kappa shape index (κ3) is 3.10. The molecule has 17 heavy (non-hydrogen) atoms. The number of carboxylic acid groups (broad SMARTS) is 1. The summed E-state index contributed by atoms with van der Waals surface area (Å²) < 4.78 is 1.42. The molecule has 0 fully saturated rings. The smallest absolute Gasteiger partial charge is 0.323 e. The Morgan fingerprint density at radius 3 is 3.00 bits per heavy atom. The zero-order valence-electron chi connectivity index (χ0n) is 9.67. The molecule has 0 aliphatic heterocycles. The molecule has 1 aromatic rings. The van der Waals surface area contributed by atoms with Crippen LogP contribution in [0, 0.1) is 0 Å². The number of nitrogens with zero attached hydrogens (tertiary/aromatic N) is 3. The molecule has 0 aliphatic carbocycles. The Kier molecular flexibility index (Phi) is 4.32. The van der Waals surface area contributed by atoms with E-state index in [0.29, 0.717) is 18.1 Å². The number of oxime groups is 1. The van der Waals surface area contributed by atoms with Gasteiger partial charge in [0.2, 0.25) is 0 Å². The van der Waals surface area contributed by atoms with Gasteiger partial charge in [0.05, 0.1) is 6.33 Å². The second kappa shape index (κ2) is 5.73. The van der Waals surface area contributed by atoms with Gasteiger partial charge in [-0.1, -0.05) is 5.16 Å². The fourth-order valence-corrected chi connectivity index (χ4v) is 1.27. The predicted octanol–water partition coefficient (Wildman–Crippen LogP) is -0.334. The number of nitrogens with two attached hydrogens (primary N) is 1. The lowest BCUT2D eigenvalue weighted by atomic mass is 10.4. The first-order chi connectivity index (χ1) is 8.10. The molecule has 1 heterocycles. The molecule has 1 aromatic heterocycles. The molecular weight excluding hydrogens is 226 g/mol. The van der Waals surface area contributed by atoms with E-state index in [2.05, 4.69) is 15.5 Å². The first-order valence-corrected chi connectivity index (χ1v) is 5.00. The standard InChI is InChI=1S/C9H15N5O3/c1-3-17-13-8(10)7-9(11-2)14(5-12-7)4-6(15)16/h5,11H,3-4H2,1-2H3,(H2,10,13)(H,15,16). The van der Waals surface area contributed by atoms with Gasteiger partial charge in [0, 0.05) is 7.05 Å². The van der Waals surface area contributed by atoms with Crippen molar-refractivity contribution in [3.8, 4) is 0 Å². The van der Waals surface area contributed by atoms with Crippen molar-refractivity contribution in [3.63, 3.8) is 0 Å². The number of carbonyl (C=O) groups is 1. The van der Waals surface area contributed by atoms with Crippen LogP contribution in [0.1, 0.15) is 12.6 Å². The third-order valence-corrected chi connectivity index (χ3v) is 1.91. The monoisotopic (exact) mass is 241 g/mol. The molecule has 8 nitrogen and oxygen atoms in total. The van der Waals surface area contributed by atoms with Gasteiger partial charge in [0.25, 0.3) is 0 Å². The number of aliphatic carboxylic acids is 1. The highest BCUT2D eigenvalue weighted by atomic mass is 16.6. The van der Waals surface area contributed by atoms with Gasteiger partial charge in [-0.05, 0) is 6.92 Å². The van der Waals surface area contributed by atoms with E-state index < -0.39 is 5.97 Å². The molecule has 0 saturated carbocycles. The Bertz CT molecular complexity index is 426. The number of amidine groups is 1. The van der Waals surface area contributed by atoms with Crippen LogP contribution < -0.4 is 11.1 Å². The second-order valence-corrected chi connectivity index (χ2v) is 3.11. The van der Waals surface area contributed by atoms with E-state index in [9.17, 15) is 4.79 Å². The molecule has 0 amide bonds. The van der Waals surface area contributed by atoms with E-state index in [1.165, 1.54) is 10.9 Å². The summed E-state index contributed by atoms with van der Waals surface area (Å²) in [5.41, 5.74) is 6.03. The molecule has 1 rings (SSSR count). The maximum atomic E-state index is 10.6. The molecular formula is C9H15N5O3. The van der Waals surface area contributed by atoms with Gasteiger partial charge in [-0.2, -0.15) is 0 Å². The highest BCUT2D eigenvalue weighted by Crippen LogP contribution is 2.13. The first-order valence-electron chi connectivity index (χ1n) is 5.00. The lowest BCUT2D eigenvalue weighted by Gasteiger charge is -2.06. The topological polar surface area (TPSA) is 115 Å². The predicted molar refractivity (Wildman–Crippen MR) is 61.8 cm³/mol. The minimum absolute atomic E-state index is 0.0975. The Labute approximate surface area is 98.1 Å². The number of anilines is 1. The summed E-state index contributed by atoms with van der Waals surface area (Å²) in [6.07, 6.45) is 1.38. The van der Waals surface area contributed by atoms with E-state index in [0.717, 1.165) is 0 Å². The Hall–Kier alpha value is -2.25. The molecule has 0 unspecified atom stereocenters. The highest BCUT2D eigenvalue weighted by molar-refractivity contribution is 5.99. The van der Waals surface area contributed by atoms with Crippen LogP contribution in [0.5, 0.6) is 0 Å². The lowest BCUT2D eigenvalue weighted by molar-refractivity contribution is -0.137. The number of imidazole rings is 1. The number of hydrogen-bond acceptors (Lipinski definition) is 5. The van der Waals surface area contributed by atoms with Gasteiger partial charge < -0.3 is 25.6 Å². The zero-order valence-corrected chi connectivity index (χ0v) is 9.67. The number of aromatic nitrogens is 2. The van der Waals surface area contributed by atoms with Crippen molar-refractivity contribution in [2.24, 2.45) is 10.9 Å². The summed E-state index contributed by atoms with van der Waals surface area (Å²) in [6.45, 7) is 1.97. The summed E-state index contributed by atoms with van der Waals surface area (Å²) in [5, 5.41) is 15.2. The van der Waals surface area contributed by atoms with Crippen LogP contribution in [0.4, 0.5) is 5.82 Å². The summed E-state index contributed by atoms with van der Waals surface area (Å²) in [6, 6.07) is 0. The molecule has 0 bridgehead atoms. The van der Waals surface area contributed by atoms with E-state index in [1.807, 2.05) is 0 Å². The van der Waals surface area contributed by atoms with E-state index in [4.69, 9.17) is 15.7 Å². The molecule has 4 N–H and O–H groups in total. The van der Waals surface area contributed by atoms with Crippen LogP contribution in [0.2, 0.25) is 0 Å². The molecule has 94 valence electrons. The van der Waals surface area contributed by atoms with Gasteiger partial charge in [-0.3, -0.25) is 4.79 Å². The van der Waals surface area contributed by atoms with Crippen molar-refractivity contribution >= 4 is 17.6 Å². The minimum Gasteiger partial charge on any atom is -0.480 e. The van der Waals surface area contributed by atoms with Crippen LogP contribution in [-0.4, -0.2) is 40.1 Å². The molecule has 8 heteroatoms. The molecule has 0 saturated heterocycles. The van der Waals surface area contributed by atoms with Crippen molar-refractivity contribution in [1.82, 2.24) is 9.55 Å². The Balaban J connectivity index is 3.01. The van der Waals surface area contributed by atoms with Crippen molar-refractivity contribution in [3.05, 3.63) is 12.0 Å². The minimum atomic E-state index is -0.967. The van der Waals surface area contributed by atoms with Gasteiger partial charge in [-0.25, -0.2) is 4.98 Å². The van der Waals surface area contributed by atoms with Crippen LogP contribution >= 0.6 is 0 Å². The number of nitrogens with one attached hydrogen (secondary N) is 1. The average molecular weight is 241 g/mol. The van der Waals surface area contributed by atoms with Crippen molar-refractivity contribution in [1.29, 1.82) is 0 Å². The van der Waals surface area contributed by atoms with E-state index in [-0.39, 0.29) is 12.4 Å². The van der Waals surface area contributed by atoms with Gasteiger partial charge in [0.1, 0.15) is 19.0 Å². The molecule has 0 spiro atoms. The van der Waals surface area contributed by atoms with Crippen molar-refractivity contribution < 1.29 is 14.7 Å². The number of carboxylic acids is 1. The number of rotatable bonds is 6. The molecule has 0 aliphatic rings. The normalized spacial score (nSPS) is 11.3. The summed E-state index contributed by atoms with van der Waals surface area (Å²) in [7, 11) is 1.65. The van der Waals surface area contributed by atoms with Crippen LogP contribution in [0.15, 0.2) is 11.5 Å². The van der Waals surface area contributed by atoms with Crippen LogP contribution in [0.3, 0.4) is 0 Å². The summed E-state index contributed by atoms with van der Waals surface area (Å²) in [4.78, 5) is 19.4. The van der Waals surface area contributed by atoms with Gasteiger partial charge in [-0.15, -0.1) is 0 Å². The maximum Gasteiger partial charge on any atom is 0.323 e. The molecule has 0 aromatic carbocycles. The van der Waals surface area contributed by atoms with Crippen molar-refractivity contribution in [2.75, 3.05) is 19.0 Å². The van der Waals surface area contributed by atoms with Crippen molar-refractivity contribution in [2.45, 2.75) is 13.5 Å². The van der Waals surface area contributed by atoms with E-state index >= 15 is 0 Å². The maximum absolute atomic E-state index is 10.6. The second-order valence-electron chi connectivity index (χ2n) is 3.11. The molecule has 0 atom stereocenters. The van der Waals surface area contributed by atoms with Crippen LogP contribution in [-0.2, 0) is 16.2 Å². The molecule has 0 radical (unpaired) electrons. The lowest BCUT2D eigenvalue weighted by Crippen LogP contribution is -2.18. The zero-order chi connectivity index (χ0) is 12.8. The number of hydrogen-bond donors (Lipinski definition) is 3. The quantitative estimate of drug-likeness (QED) is 0.357.